The molecule has 0 spiro atoms. The van der Waals surface area contributed by atoms with Crippen LogP contribution >= 0.6 is 0 Å². The first-order valence-electron chi connectivity index (χ1n) is 3.56. The van der Waals surface area contributed by atoms with Crippen LogP contribution in [0.3, 0.4) is 0 Å². The highest BCUT2D eigenvalue weighted by atomic mass is 16.4. The molecule has 0 unspecified atom stereocenters. The van der Waals surface area contributed by atoms with E-state index in [1.807, 2.05) is 0 Å². The molecule has 0 aliphatic rings. The Morgan fingerprint density at radius 2 is 1.45 bits per heavy atom. The van der Waals surface area contributed by atoms with Gasteiger partial charge in [-0.25, -0.2) is 0 Å². The third-order valence-electron chi connectivity index (χ3n) is 1.90. The number of aliphatic hydroxyl groups is 4. The normalized spacial score (nSPS) is 25.4. The van der Waals surface area contributed by atoms with Crippen molar-refractivity contribution in [3.63, 3.8) is 0 Å². The van der Waals surface area contributed by atoms with Crippen molar-refractivity contribution >= 4 is 0 Å². The van der Waals surface area contributed by atoms with Gasteiger partial charge in [0.15, 0.2) is 0 Å². The Morgan fingerprint density at radius 3 is 1.55 bits per heavy atom. The zero-order valence-corrected chi connectivity index (χ0v) is 7.02. The van der Waals surface area contributed by atoms with Crippen LogP contribution in [0, 0.1) is 0 Å². The van der Waals surface area contributed by atoms with Crippen molar-refractivity contribution in [3.05, 3.63) is 0 Å². The predicted octanol–water partition coefficient (Wildman–Crippen LogP) is -1.14. The molecule has 0 heterocycles. The quantitative estimate of drug-likeness (QED) is 0.425. The zero-order chi connectivity index (χ0) is 9.23. The fraction of sp³-hybridized carbons (Fsp3) is 1.00. The minimum absolute atomic E-state index is 1.06. The third kappa shape index (κ3) is 2.41. The van der Waals surface area contributed by atoms with Crippen LogP contribution in [0.2, 0.25) is 0 Å². The molecule has 68 valence electrons. The molecular formula is C7H16O4. The lowest BCUT2D eigenvalue weighted by Crippen LogP contribution is -2.52. The molecule has 0 saturated carbocycles. The van der Waals surface area contributed by atoms with Gasteiger partial charge in [0.05, 0.1) is 12.2 Å². The highest BCUT2D eigenvalue weighted by molar-refractivity contribution is 4.89. The minimum atomic E-state index is -1.66. The Hall–Kier alpha value is -0.160. The lowest BCUT2D eigenvalue weighted by atomic mass is 9.90. The highest BCUT2D eigenvalue weighted by Gasteiger charge is 2.37. The van der Waals surface area contributed by atoms with Gasteiger partial charge in [-0.1, -0.05) is 0 Å². The summed E-state index contributed by atoms with van der Waals surface area (Å²) in [5.74, 6) is 0. The van der Waals surface area contributed by atoms with Crippen molar-refractivity contribution in [2.24, 2.45) is 0 Å². The molecule has 0 radical (unpaired) electrons. The molecule has 0 rings (SSSR count). The first-order chi connectivity index (χ1) is 4.80. The molecule has 0 aromatic heterocycles. The largest absolute Gasteiger partial charge is 0.391 e. The maximum absolute atomic E-state index is 9.37. The molecule has 0 aliphatic carbocycles. The van der Waals surface area contributed by atoms with Crippen LogP contribution < -0.4 is 0 Å². The summed E-state index contributed by atoms with van der Waals surface area (Å²) in [5.41, 5.74) is -1.66. The van der Waals surface area contributed by atoms with Gasteiger partial charge in [-0.3, -0.25) is 0 Å². The summed E-state index contributed by atoms with van der Waals surface area (Å²) in [6, 6.07) is 0. The summed E-state index contributed by atoms with van der Waals surface area (Å²) in [6.45, 7) is 3.97. The number of aliphatic hydroxyl groups excluding tert-OH is 3. The fourth-order valence-electron chi connectivity index (χ4n) is 0.735. The average Bonchev–Trinajstić information content (AvgIpc) is 1.85. The minimum Gasteiger partial charge on any atom is -0.391 e. The van der Waals surface area contributed by atoms with E-state index in [-0.39, 0.29) is 0 Å². The summed E-state index contributed by atoms with van der Waals surface area (Å²) in [7, 11) is 0. The van der Waals surface area contributed by atoms with E-state index in [4.69, 9.17) is 15.3 Å². The van der Waals surface area contributed by atoms with Crippen LogP contribution in [0.25, 0.3) is 0 Å². The molecule has 0 saturated heterocycles. The molecule has 4 atom stereocenters. The Labute approximate surface area is 66.1 Å². The first-order valence-corrected chi connectivity index (χ1v) is 3.56. The monoisotopic (exact) mass is 164 g/mol. The van der Waals surface area contributed by atoms with Crippen LogP contribution in [0.1, 0.15) is 20.8 Å². The molecule has 4 nitrogen and oxygen atoms in total. The average molecular weight is 164 g/mol. The molecule has 0 amide bonds. The van der Waals surface area contributed by atoms with Crippen LogP contribution in [0.15, 0.2) is 0 Å². The van der Waals surface area contributed by atoms with E-state index >= 15 is 0 Å². The van der Waals surface area contributed by atoms with Crippen molar-refractivity contribution < 1.29 is 20.4 Å². The predicted molar refractivity (Wildman–Crippen MR) is 40.0 cm³/mol. The maximum atomic E-state index is 9.37. The number of hydrogen-bond acceptors (Lipinski definition) is 4. The van der Waals surface area contributed by atoms with E-state index in [0.717, 1.165) is 0 Å². The second-order valence-electron chi connectivity index (χ2n) is 3.09. The van der Waals surface area contributed by atoms with E-state index < -0.39 is 23.9 Å². The first kappa shape index (κ1) is 10.8. The molecule has 0 fully saturated rings. The van der Waals surface area contributed by atoms with Gasteiger partial charge in [0.2, 0.25) is 0 Å². The Balaban J connectivity index is 4.29. The van der Waals surface area contributed by atoms with Gasteiger partial charge in [0.1, 0.15) is 11.7 Å². The van der Waals surface area contributed by atoms with Gasteiger partial charge in [0, 0.05) is 0 Å². The van der Waals surface area contributed by atoms with Gasteiger partial charge in [-0.15, -0.1) is 0 Å². The summed E-state index contributed by atoms with van der Waals surface area (Å²) in [4.78, 5) is 0. The number of hydrogen-bond donors (Lipinski definition) is 4. The Kier molecular flexibility index (Phi) is 3.44. The van der Waals surface area contributed by atoms with Crippen molar-refractivity contribution in [1.29, 1.82) is 0 Å². The van der Waals surface area contributed by atoms with Gasteiger partial charge in [0.25, 0.3) is 0 Å². The van der Waals surface area contributed by atoms with Crippen LogP contribution in [-0.2, 0) is 0 Å². The molecular weight excluding hydrogens is 148 g/mol. The Bertz CT molecular complexity index is 120. The zero-order valence-electron chi connectivity index (χ0n) is 7.02. The molecule has 4 heteroatoms. The van der Waals surface area contributed by atoms with Crippen molar-refractivity contribution in [2.45, 2.75) is 44.7 Å². The summed E-state index contributed by atoms with van der Waals surface area (Å²) in [5, 5.41) is 36.4. The molecule has 0 aromatic carbocycles. The van der Waals surface area contributed by atoms with E-state index in [9.17, 15) is 5.11 Å². The van der Waals surface area contributed by atoms with E-state index in [1.165, 1.54) is 20.8 Å². The lowest BCUT2D eigenvalue weighted by molar-refractivity contribution is -0.158. The SMILES string of the molecule is C[C@H](O)[C@](C)(O)[C@@H](O)[C@@H](C)O. The standard InChI is InChI=1S/C7H16O4/c1-4(8)6(10)7(3,11)5(2)9/h4-6,8-11H,1-3H3/t4-,5+,6+,7+/m1/s1. The van der Waals surface area contributed by atoms with Crippen molar-refractivity contribution in [2.75, 3.05) is 0 Å². The van der Waals surface area contributed by atoms with E-state index in [1.54, 1.807) is 0 Å². The van der Waals surface area contributed by atoms with Crippen molar-refractivity contribution in [1.82, 2.24) is 0 Å². The Morgan fingerprint density at radius 1 is 1.09 bits per heavy atom. The van der Waals surface area contributed by atoms with Gasteiger partial charge in [-0.05, 0) is 20.8 Å². The van der Waals surface area contributed by atoms with Crippen LogP contribution in [0.5, 0.6) is 0 Å². The molecule has 0 aliphatic heterocycles. The van der Waals surface area contributed by atoms with Gasteiger partial charge >= 0.3 is 0 Å². The molecule has 4 N–H and O–H groups in total. The molecule has 11 heavy (non-hydrogen) atoms. The van der Waals surface area contributed by atoms with Crippen LogP contribution in [-0.4, -0.2) is 44.3 Å². The van der Waals surface area contributed by atoms with Crippen LogP contribution in [0.4, 0.5) is 0 Å². The summed E-state index contributed by atoms with van der Waals surface area (Å²) < 4.78 is 0. The number of rotatable bonds is 3. The van der Waals surface area contributed by atoms with E-state index in [2.05, 4.69) is 0 Å². The maximum Gasteiger partial charge on any atom is 0.116 e. The molecule has 0 bridgehead atoms. The second-order valence-corrected chi connectivity index (χ2v) is 3.09. The smallest absolute Gasteiger partial charge is 0.116 e. The van der Waals surface area contributed by atoms with Gasteiger partial charge in [-0.2, -0.15) is 0 Å². The highest BCUT2D eigenvalue weighted by Crippen LogP contribution is 2.17. The molecule has 0 aromatic rings. The second kappa shape index (κ2) is 3.49. The lowest BCUT2D eigenvalue weighted by Gasteiger charge is -2.33. The van der Waals surface area contributed by atoms with E-state index in [0.29, 0.717) is 0 Å². The summed E-state index contributed by atoms with van der Waals surface area (Å²) >= 11 is 0. The summed E-state index contributed by atoms with van der Waals surface area (Å²) in [6.07, 6.45) is -3.46. The van der Waals surface area contributed by atoms with Gasteiger partial charge < -0.3 is 20.4 Å². The third-order valence-corrected chi connectivity index (χ3v) is 1.90. The topological polar surface area (TPSA) is 80.9 Å². The van der Waals surface area contributed by atoms with Crippen molar-refractivity contribution in [3.8, 4) is 0 Å². The fourth-order valence-corrected chi connectivity index (χ4v) is 0.735.